The van der Waals surface area contributed by atoms with Crippen molar-refractivity contribution in [3.63, 3.8) is 0 Å². The fourth-order valence-corrected chi connectivity index (χ4v) is 6.10. The fraction of sp³-hybridized carbons (Fsp3) is 0.409. The van der Waals surface area contributed by atoms with Gasteiger partial charge in [0.15, 0.2) is 0 Å². The number of nitrogens with zero attached hydrogens (tertiary/aromatic N) is 1. The van der Waals surface area contributed by atoms with Crippen molar-refractivity contribution < 1.29 is 17.9 Å². The molecular weight excluding hydrogens is 388 g/mol. The molecule has 29 heavy (non-hydrogen) atoms. The Bertz CT molecular complexity index is 977. The van der Waals surface area contributed by atoms with Crippen molar-refractivity contribution in [1.29, 1.82) is 0 Å². The molecule has 156 valence electrons. The Hall–Kier alpha value is -2.38. The molecule has 0 aromatic heterocycles. The molecule has 1 amide bonds. The van der Waals surface area contributed by atoms with Gasteiger partial charge in [0.05, 0.1) is 12.0 Å². The second kappa shape index (κ2) is 8.55. The van der Waals surface area contributed by atoms with E-state index in [9.17, 15) is 13.2 Å². The Morgan fingerprint density at radius 2 is 1.76 bits per heavy atom. The second-order valence-electron chi connectivity index (χ2n) is 7.57. The fourth-order valence-electron chi connectivity index (χ4n) is 4.03. The number of carbonyl (C=O) groups is 1. The highest BCUT2D eigenvalue weighted by Crippen LogP contribution is 2.30. The first-order valence-corrected chi connectivity index (χ1v) is 11.2. The Morgan fingerprint density at radius 3 is 2.34 bits per heavy atom. The van der Waals surface area contributed by atoms with Crippen molar-refractivity contribution in [1.82, 2.24) is 9.62 Å². The van der Waals surface area contributed by atoms with Crippen molar-refractivity contribution in [2.75, 3.05) is 13.7 Å². The molecule has 1 saturated heterocycles. The quantitative estimate of drug-likeness (QED) is 0.785. The number of nitrogens with one attached hydrogen (secondary N) is 1. The molecule has 0 spiro atoms. The molecule has 1 fully saturated rings. The molecular formula is C22H28N2O4S. The summed E-state index contributed by atoms with van der Waals surface area (Å²) in [6.45, 7) is 6.26. The minimum Gasteiger partial charge on any atom is -0.497 e. The topological polar surface area (TPSA) is 75.7 Å². The van der Waals surface area contributed by atoms with Gasteiger partial charge in [-0.15, -0.1) is 0 Å². The van der Waals surface area contributed by atoms with Gasteiger partial charge < -0.3 is 10.1 Å². The lowest BCUT2D eigenvalue weighted by molar-refractivity contribution is -0.124. The van der Waals surface area contributed by atoms with Crippen LogP contribution in [0, 0.1) is 20.8 Å². The van der Waals surface area contributed by atoms with Crippen LogP contribution in [0.15, 0.2) is 41.3 Å². The summed E-state index contributed by atoms with van der Waals surface area (Å²) in [6.07, 6.45) is 1.20. The van der Waals surface area contributed by atoms with Crippen molar-refractivity contribution in [2.45, 2.75) is 51.1 Å². The van der Waals surface area contributed by atoms with Crippen LogP contribution in [0.2, 0.25) is 0 Å². The van der Waals surface area contributed by atoms with E-state index < -0.39 is 16.1 Å². The van der Waals surface area contributed by atoms with Gasteiger partial charge >= 0.3 is 0 Å². The maximum Gasteiger partial charge on any atom is 0.244 e. The lowest BCUT2D eigenvalue weighted by Gasteiger charge is -2.25. The Labute approximate surface area is 172 Å². The largest absolute Gasteiger partial charge is 0.497 e. The molecule has 1 aliphatic rings. The number of carbonyl (C=O) groups excluding carboxylic acids is 1. The van der Waals surface area contributed by atoms with Gasteiger partial charge in [0.2, 0.25) is 15.9 Å². The van der Waals surface area contributed by atoms with Crippen molar-refractivity contribution in [2.24, 2.45) is 0 Å². The van der Waals surface area contributed by atoms with E-state index in [-0.39, 0.29) is 5.91 Å². The van der Waals surface area contributed by atoms with E-state index in [1.807, 2.05) is 57.2 Å². The maximum absolute atomic E-state index is 13.4. The second-order valence-corrected chi connectivity index (χ2v) is 9.39. The van der Waals surface area contributed by atoms with Gasteiger partial charge in [0, 0.05) is 13.1 Å². The van der Waals surface area contributed by atoms with E-state index in [1.54, 1.807) is 7.11 Å². The molecule has 2 aromatic rings. The molecule has 0 radical (unpaired) electrons. The molecule has 0 bridgehead atoms. The van der Waals surface area contributed by atoms with Crippen LogP contribution in [-0.4, -0.2) is 38.3 Å². The van der Waals surface area contributed by atoms with Crippen LogP contribution in [0.5, 0.6) is 5.75 Å². The molecule has 3 rings (SSSR count). The van der Waals surface area contributed by atoms with Gasteiger partial charge in [0.1, 0.15) is 11.8 Å². The van der Waals surface area contributed by atoms with E-state index >= 15 is 0 Å². The molecule has 1 aliphatic heterocycles. The summed E-state index contributed by atoms with van der Waals surface area (Å²) in [7, 11) is -2.15. The van der Waals surface area contributed by atoms with Crippen molar-refractivity contribution in [3.05, 3.63) is 58.7 Å². The average molecular weight is 417 g/mol. The zero-order valence-corrected chi connectivity index (χ0v) is 18.2. The summed E-state index contributed by atoms with van der Waals surface area (Å²) in [5.74, 6) is 0.487. The monoisotopic (exact) mass is 416 g/mol. The minimum atomic E-state index is -3.75. The normalized spacial score (nSPS) is 17.3. The number of hydrogen-bond donors (Lipinski definition) is 1. The van der Waals surface area contributed by atoms with Gasteiger partial charge in [-0.3, -0.25) is 4.79 Å². The summed E-state index contributed by atoms with van der Waals surface area (Å²) in [5, 5.41) is 2.88. The standard InChI is InChI=1S/C22H28N2O4S/c1-15-12-16(2)21(17(3)13-15)29(26,27)24-11-5-6-20(24)22(25)23-14-18-7-9-19(28-4)10-8-18/h7-10,12-13,20H,5-6,11,14H2,1-4H3,(H,23,25)/t20-/m0/s1. The Kier molecular flexibility index (Phi) is 6.29. The SMILES string of the molecule is COc1ccc(CNC(=O)[C@@H]2CCCN2S(=O)(=O)c2c(C)cc(C)cc2C)cc1. The van der Waals surface area contributed by atoms with Gasteiger partial charge in [-0.25, -0.2) is 8.42 Å². The van der Waals surface area contributed by atoms with Crippen LogP contribution < -0.4 is 10.1 Å². The molecule has 2 aromatic carbocycles. The summed E-state index contributed by atoms with van der Waals surface area (Å²) in [6, 6.07) is 10.5. The molecule has 0 unspecified atom stereocenters. The summed E-state index contributed by atoms with van der Waals surface area (Å²) in [5.41, 5.74) is 3.38. The van der Waals surface area contributed by atoms with E-state index in [1.165, 1.54) is 4.31 Å². The van der Waals surface area contributed by atoms with Gasteiger partial charge in [-0.05, 0) is 62.4 Å². The van der Waals surface area contributed by atoms with Crippen LogP contribution in [-0.2, 0) is 21.4 Å². The van der Waals surface area contributed by atoms with E-state index in [2.05, 4.69) is 5.32 Å². The lowest BCUT2D eigenvalue weighted by atomic mass is 10.1. The van der Waals surface area contributed by atoms with Gasteiger partial charge in [-0.1, -0.05) is 29.8 Å². The molecule has 0 saturated carbocycles. The predicted octanol–water partition coefficient (Wildman–Crippen LogP) is 3.09. The number of rotatable bonds is 6. The van der Waals surface area contributed by atoms with E-state index in [0.29, 0.717) is 42.0 Å². The number of methoxy groups -OCH3 is 1. The summed E-state index contributed by atoms with van der Waals surface area (Å²) >= 11 is 0. The molecule has 1 heterocycles. The first kappa shape index (κ1) is 21.3. The number of amides is 1. The van der Waals surface area contributed by atoms with Crippen molar-refractivity contribution >= 4 is 15.9 Å². The number of benzene rings is 2. The number of ether oxygens (including phenoxy) is 1. The predicted molar refractivity (Wildman–Crippen MR) is 112 cm³/mol. The molecule has 1 N–H and O–H groups in total. The molecule has 0 aliphatic carbocycles. The first-order chi connectivity index (χ1) is 13.7. The minimum absolute atomic E-state index is 0.260. The molecule has 7 heteroatoms. The highest BCUT2D eigenvalue weighted by molar-refractivity contribution is 7.89. The Morgan fingerprint density at radius 1 is 1.14 bits per heavy atom. The maximum atomic E-state index is 13.4. The molecule has 6 nitrogen and oxygen atoms in total. The smallest absolute Gasteiger partial charge is 0.244 e. The third kappa shape index (κ3) is 4.46. The van der Waals surface area contributed by atoms with Crippen LogP contribution >= 0.6 is 0 Å². The average Bonchev–Trinajstić information content (AvgIpc) is 3.16. The highest BCUT2D eigenvalue weighted by atomic mass is 32.2. The summed E-state index contributed by atoms with van der Waals surface area (Å²) < 4.78 is 33.3. The third-order valence-electron chi connectivity index (χ3n) is 5.30. The first-order valence-electron chi connectivity index (χ1n) is 9.74. The Balaban J connectivity index is 1.77. The van der Waals surface area contributed by atoms with Gasteiger partial charge in [-0.2, -0.15) is 4.31 Å². The van der Waals surface area contributed by atoms with Crippen LogP contribution in [0.1, 0.15) is 35.1 Å². The zero-order chi connectivity index (χ0) is 21.2. The van der Waals surface area contributed by atoms with Gasteiger partial charge in [0.25, 0.3) is 0 Å². The molecule has 1 atom stereocenters. The number of hydrogen-bond acceptors (Lipinski definition) is 4. The van der Waals surface area contributed by atoms with Crippen LogP contribution in [0.25, 0.3) is 0 Å². The lowest BCUT2D eigenvalue weighted by Crippen LogP contribution is -2.45. The third-order valence-corrected chi connectivity index (χ3v) is 7.52. The van der Waals surface area contributed by atoms with E-state index in [0.717, 1.165) is 16.9 Å². The van der Waals surface area contributed by atoms with Crippen molar-refractivity contribution in [3.8, 4) is 5.75 Å². The number of sulfonamides is 1. The van der Waals surface area contributed by atoms with Crippen LogP contribution in [0.3, 0.4) is 0 Å². The number of aryl methyl sites for hydroxylation is 3. The zero-order valence-electron chi connectivity index (χ0n) is 17.4. The van der Waals surface area contributed by atoms with E-state index in [4.69, 9.17) is 4.74 Å². The highest BCUT2D eigenvalue weighted by Gasteiger charge is 2.40. The summed E-state index contributed by atoms with van der Waals surface area (Å²) in [4.78, 5) is 13.1. The van der Waals surface area contributed by atoms with Crippen LogP contribution in [0.4, 0.5) is 0 Å².